The molecule has 2 aromatic heterocycles. The molecule has 0 aliphatic carbocycles. The van der Waals surface area contributed by atoms with Crippen LogP contribution in [-0.4, -0.2) is 94.9 Å². The molecule has 42 heavy (non-hydrogen) atoms. The van der Waals surface area contributed by atoms with Crippen LogP contribution in [0.5, 0.6) is 0 Å². The zero-order valence-corrected chi connectivity index (χ0v) is 24.8. The highest BCUT2D eigenvalue weighted by Gasteiger charge is 2.28. The molecule has 9 nitrogen and oxygen atoms in total. The summed E-state index contributed by atoms with van der Waals surface area (Å²) in [6, 6.07) is 20.7. The van der Waals surface area contributed by atoms with Crippen LogP contribution in [0.3, 0.4) is 0 Å². The van der Waals surface area contributed by atoms with Crippen LogP contribution in [-0.2, 0) is 11.3 Å². The standard InChI is InChI=1S/C32H38N6O3S/c1-41-26-11-13-37(14-12-26)32(40)38-17-15-36(16-18-38)20-23-7-9-25(10-8-23)29-19-27-30(42-29)31(34-22-33-27)35-28(21-39)24-5-3-2-4-6-24/h2-10,19,22,26,28,39H,11-18,20-21H2,1H3,(H,33,34,35). The lowest BCUT2D eigenvalue weighted by atomic mass is 10.1. The number of benzene rings is 2. The molecule has 0 saturated carbocycles. The zero-order chi connectivity index (χ0) is 28.9. The Bertz CT molecular complexity index is 1460. The minimum absolute atomic E-state index is 0.0335. The molecule has 2 amide bonds. The van der Waals surface area contributed by atoms with Crippen molar-refractivity contribution in [2.45, 2.75) is 31.5 Å². The van der Waals surface area contributed by atoms with E-state index in [1.54, 1.807) is 24.8 Å². The first-order valence-corrected chi connectivity index (χ1v) is 15.5. The number of ether oxygens (including phenoxy) is 1. The highest BCUT2D eigenvalue weighted by Crippen LogP contribution is 2.36. The van der Waals surface area contributed by atoms with Crippen molar-refractivity contribution in [3.8, 4) is 10.4 Å². The number of piperidine rings is 1. The number of thiophene rings is 1. The summed E-state index contributed by atoms with van der Waals surface area (Å²) >= 11 is 1.65. The third-order valence-corrected chi connectivity index (χ3v) is 9.52. The van der Waals surface area contributed by atoms with E-state index in [4.69, 9.17) is 4.74 Å². The first-order chi connectivity index (χ1) is 20.6. The third-order valence-electron chi connectivity index (χ3n) is 8.34. The number of nitrogens with one attached hydrogen (secondary N) is 1. The Morgan fingerprint density at radius 3 is 2.40 bits per heavy atom. The molecule has 0 spiro atoms. The summed E-state index contributed by atoms with van der Waals surface area (Å²) in [5.74, 6) is 0.729. The molecular formula is C32H38N6O3S. The van der Waals surface area contributed by atoms with Crippen molar-refractivity contribution >= 4 is 33.4 Å². The lowest BCUT2D eigenvalue weighted by molar-refractivity contribution is 0.0405. The number of anilines is 1. The quantitative estimate of drug-likeness (QED) is 0.305. The van der Waals surface area contributed by atoms with Gasteiger partial charge in [0.15, 0.2) is 0 Å². The Morgan fingerprint density at radius 1 is 1.00 bits per heavy atom. The van der Waals surface area contributed by atoms with Gasteiger partial charge in [0.25, 0.3) is 0 Å². The first kappa shape index (κ1) is 28.5. The molecule has 0 bridgehead atoms. The number of rotatable bonds is 8. The van der Waals surface area contributed by atoms with Gasteiger partial charge in [0.1, 0.15) is 12.1 Å². The van der Waals surface area contributed by atoms with Crippen LogP contribution >= 0.6 is 11.3 Å². The van der Waals surface area contributed by atoms with Crippen molar-refractivity contribution in [1.29, 1.82) is 0 Å². The normalized spacial score (nSPS) is 17.5. The molecule has 2 aliphatic heterocycles. The number of amides is 2. The highest BCUT2D eigenvalue weighted by atomic mass is 32.1. The SMILES string of the molecule is COC1CCN(C(=O)N2CCN(Cc3ccc(-c4cc5ncnc(NC(CO)c6ccccc6)c5s4)cc3)CC2)CC1. The number of fused-ring (bicyclic) bond motifs is 1. The molecule has 220 valence electrons. The van der Waals surface area contributed by atoms with Gasteiger partial charge in [0.2, 0.25) is 0 Å². The zero-order valence-electron chi connectivity index (χ0n) is 24.0. The Hall–Kier alpha value is -3.57. The lowest BCUT2D eigenvalue weighted by Crippen LogP contribution is -2.54. The Kier molecular flexibility index (Phi) is 8.95. The number of carbonyl (C=O) groups is 1. The lowest BCUT2D eigenvalue weighted by Gasteiger charge is -2.39. The molecule has 10 heteroatoms. The largest absolute Gasteiger partial charge is 0.394 e. The summed E-state index contributed by atoms with van der Waals surface area (Å²) in [6.45, 7) is 5.69. The second-order valence-electron chi connectivity index (χ2n) is 11.0. The average Bonchev–Trinajstić information content (AvgIpc) is 3.50. The molecule has 6 rings (SSSR count). The van der Waals surface area contributed by atoms with Crippen molar-refractivity contribution in [3.63, 3.8) is 0 Å². The summed E-state index contributed by atoms with van der Waals surface area (Å²) in [5, 5.41) is 13.4. The number of hydrogen-bond acceptors (Lipinski definition) is 8. The number of hydrogen-bond donors (Lipinski definition) is 2. The molecule has 1 unspecified atom stereocenters. The maximum atomic E-state index is 13.0. The first-order valence-electron chi connectivity index (χ1n) is 14.7. The minimum atomic E-state index is -0.248. The Labute approximate surface area is 250 Å². The van der Waals surface area contributed by atoms with Crippen LogP contribution in [0.1, 0.15) is 30.0 Å². The number of urea groups is 1. The molecule has 2 saturated heterocycles. The number of aliphatic hydroxyl groups excluding tert-OH is 1. The van der Waals surface area contributed by atoms with E-state index in [9.17, 15) is 9.90 Å². The van der Waals surface area contributed by atoms with Gasteiger partial charge in [-0.2, -0.15) is 0 Å². The van der Waals surface area contributed by atoms with Crippen LogP contribution in [0.15, 0.2) is 67.0 Å². The number of aromatic nitrogens is 2. The summed E-state index contributed by atoms with van der Waals surface area (Å²) in [6.07, 6.45) is 3.69. The number of piperazine rings is 1. The van der Waals surface area contributed by atoms with Gasteiger partial charge in [-0.3, -0.25) is 4.90 Å². The van der Waals surface area contributed by atoms with Gasteiger partial charge in [-0.05, 0) is 35.6 Å². The van der Waals surface area contributed by atoms with E-state index in [0.29, 0.717) is 0 Å². The van der Waals surface area contributed by atoms with Crippen molar-refractivity contribution < 1.29 is 14.6 Å². The van der Waals surface area contributed by atoms with Crippen molar-refractivity contribution in [1.82, 2.24) is 24.7 Å². The second-order valence-corrected chi connectivity index (χ2v) is 12.1. The number of carbonyl (C=O) groups excluding carboxylic acids is 1. The smallest absolute Gasteiger partial charge is 0.320 e. The fraction of sp³-hybridized carbons (Fsp3) is 0.406. The van der Waals surface area contributed by atoms with Gasteiger partial charge in [-0.1, -0.05) is 54.6 Å². The van der Waals surface area contributed by atoms with Crippen molar-refractivity contribution in [2.75, 3.05) is 58.3 Å². The average molecular weight is 587 g/mol. The summed E-state index contributed by atoms with van der Waals surface area (Å²) in [5.41, 5.74) is 4.30. The van der Waals surface area contributed by atoms with Gasteiger partial charge in [-0.25, -0.2) is 14.8 Å². The van der Waals surface area contributed by atoms with Crippen LogP contribution in [0.25, 0.3) is 20.7 Å². The Morgan fingerprint density at radius 2 is 1.71 bits per heavy atom. The van der Waals surface area contributed by atoms with E-state index in [0.717, 1.165) is 90.7 Å². The fourth-order valence-corrected chi connectivity index (χ4v) is 6.87. The number of nitrogens with zero attached hydrogens (tertiary/aromatic N) is 5. The topological polar surface area (TPSA) is 94.1 Å². The maximum absolute atomic E-state index is 13.0. The molecule has 2 aliphatic rings. The molecule has 2 aromatic carbocycles. The number of likely N-dealkylation sites (tertiary alicyclic amines) is 1. The molecule has 2 fully saturated rings. The molecule has 1 atom stereocenters. The van der Waals surface area contributed by atoms with E-state index in [2.05, 4.69) is 50.5 Å². The van der Waals surface area contributed by atoms with Gasteiger partial charge in [-0.15, -0.1) is 11.3 Å². The second kappa shape index (κ2) is 13.2. The summed E-state index contributed by atoms with van der Waals surface area (Å²) < 4.78 is 6.42. The molecule has 0 radical (unpaired) electrons. The van der Waals surface area contributed by atoms with Crippen molar-refractivity contribution in [2.24, 2.45) is 0 Å². The predicted molar refractivity (Wildman–Crippen MR) is 167 cm³/mol. The van der Waals surface area contributed by atoms with Gasteiger partial charge < -0.3 is 25.0 Å². The van der Waals surface area contributed by atoms with Gasteiger partial charge in [0.05, 0.1) is 29.0 Å². The predicted octanol–water partition coefficient (Wildman–Crippen LogP) is 4.85. The Balaban J connectivity index is 1.06. The van der Waals surface area contributed by atoms with E-state index in [1.807, 2.05) is 40.1 Å². The van der Waals surface area contributed by atoms with Gasteiger partial charge in [0, 0.05) is 57.8 Å². The maximum Gasteiger partial charge on any atom is 0.320 e. The van der Waals surface area contributed by atoms with E-state index in [-0.39, 0.29) is 24.8 Å². The van der Waals surface area contributed by atoms with Crippen LogP contribution in [0, 0.1) is 0 Å². The van der Waals surface area contributed by atoms with E-state index < -0.39 is 0 Å². The monoisotopic (exact) mass is 586 g/mol. The minimum Gasteiger partial charge on any atom is -0.394 e. The molecule has 2 N–H and O–H groups in total. The third kappa shape index (κ3) is 6.42. The van der Waals surface area contributed by atoms with Crippen molar-refractivity contribution in [3.05, 3.63) is 78.1 Å². The van der Waals surface area contributed by atoms with Gasteiger partial charge >= 0.3 is 6.03 Å². The molecule has 4 aromatic rings. The summed E-state index contributed by atoms with van der Waals surface area (Å²) in [4.78, 5) is 29.5. The molecular weight excluding hydrogens is 548 g/mol. The van der Waals surface area contributed by atoms with Crippen LogP contribution in [0.4, 0.5) is 10.6 Å². The fourth-order valence-electron chi connectivity index (χ4n) is 5.80. The van der Waals surface area contributed by atoms with Crippen LogP contribution in [0.2, 0.25) is 0 Å². The number of aliphatic hydroxyl groups is 1. The summed E-state index contributed by atoms with van der Waals surface area (Å²) in [7, 11) is 1.75. The van der Waals surface area contributed by atoms with E-state index in [1.165, 1.54) is 5.56 Å². The number of methoxy groups -OCH3 is 1. The van der Waals surface area contributed by atoms with Crippen LogP contribution < -0.4 is 5.32 Å². The highest BCUT2D eigenvalue weighted by molar-refractivity contribution is 7.22. The van der Waals surface area contributed by atoms with E-state index >= 15 is 0 Å². The molecule has 4 heterocycles.